The third-order valence-electron chi connectivity index (χ3n) is 4.08. The molecule has 0 N–H and O–H groups in total. The number of hydrogen-bond donors (Lipinski definition) is 0. The molecule has 1 fully saturated rings. The van der Waals surface area contributed by atoms with E-state index in [4.69, 9.17) is 4.74 Å². The lowest BCUT2D eigenvalue weighted by molar-refractivity contribution is -0.121. The summed E-state index contributed by atoms with van der Waals surface area (Å²) in [6, 6.07) is 1.30. The van der Waals surface area contributed by atoms with Crippen LogP contribution in [0, 0.1) is 6.92 Å². The fourth-order valence-electron chi connectivity index (χ4n) is 2.40. The first-order chi connectivity index (χ1) is 16.0. The number of Topliss-reactive ketones (excluding diaryl/α,β-unsaturated/α-hetero) is 1. The maximum absolute atomic E-state index is 12.5. The average Bonchev–Trinajstić information content (AvgIpc) is 2.67. The van der Waals surface area contributed by atoms with E-state index in [9.17, 15) is 52.8 Å². The maximum atomic E-state index is 12.5. The van der Waals surface area contributed by atoms with E-state index in [1.54, 1.807) is 4.90 Å². The van der Waals surface area contributed by atoms with E-state index in [-0.39, 0.29) is 17.4 Å². The highest BCUT2D eigenvalue weighted by Gasteiger charge is 2.62. The third-order valence-corrected chi connectivity index (χ3v) is 7.67. The smallest absolute Gasteiger partial charge is 0.444 e. The second-order valence-electron chi connectivity index (χ2n) is 8.30. The lowest BCUT2D eigenvalue weighted by Crippen LogP contribution is -2.49. The number of anilines is 1. The minimum atomic E-state index is -6.88. The Bertz CT molecular complexity index is 1110. The number of carbonyl (C=O) groups excluding carboxylic acids is 2. The van der Waals surface area contributed by atoms with Crippen LogP contribution in [0.2, 0.25) is 0 Å². The van der Waals surface area contributed by atoms with Gasteiger partial charge in [-0.25, -0.2) is 9.78 Å². The standard InChI is InChI=1S/C10H17NO3.C8H6F6N2O4S2/c1-10(2,3)14-9(13)11-6-4-8(12)5-7-11;1-5-2-3-6(15-4-5)16(21(17,18)7(9,10)11)22(19,20)8(12,13)14/h4-7H2,1-3H3;2-4H,1H3. The van der Waals surface area contributed by atoms with Gasteiger partial charge in [0.1, 0.15) is 11.4 Å². The Kier molecular flexibility index (Phi) is 9.40. The highest BCUT2D eigenvalue weighted by molar-refractivity contribution is 8.11. The first-order valence-electron chi connectivity index (χ1n) is 9.86. The highest BCUT2D eigenvalue weighted by atomic mass is 32.3. The van der Waals surface area contributed by atoms with E-state index in [1.165, 1.54) is 6.92 Å². The molecule has 2 heterocycles. The van der Waals surface area contributed by atoms with Gasteiger partial charge in [-0.05, 0) is 39.3 Å². The van der Waals surface area contributed by atoms with Gasteiger partial charge >= 0.3 is 37.2 Å². The predicted octanol–water partition coefficient (Wildman–Crippen LogP) is 3.48. The molecule has 0 aliphatic carbocycles. The number of likely N-dealkylation sites (tertiary alicyclic amines) is 1. The topological polar surface area (TPSA) is 131 Å². The van der Waals surface area contributed by atoms with E-state index in [1.807, 2.05) is 20.8 Å². The first-order valence-corrected chi connectivity index (χ1v) is 12.7. The number of nitrogens with zero attached hydrogens (tertiary/aromatic N) is 3. The van der Waals surface area contributed by atoms with Gasteiger partial charge < -0.3 is 9.64 Å². The number of aromatic nitrogens is 1. The Morgan fingerprint density at radius 1 is 0.944 bits per heavy atom. The molecule has 1 aliphatic heterocycles. The summed E-state index contributed by atoms with van der Waals surface area (Å²) in [5, 5.41) is 0. The molecule has 10 nitrogen and oxygen atoms in total. The normalized spacial score (nSPS) is 15.6. The number of sulfonamides is 2. The number of halogens is 6. The minimum Gasteiger partial charge on any atom is -0.444 e. The Hall–Kier alpha value is -2.63. The summed E-state index contributed by atoms with van der Waals surface area (Å²) >= 11 is 0. The van der Waals surface area contributed by atoms with Gasteiger partial charge in [-0.15, -0.1) is 3.71 Å². The van der Waals surface area contributed by atoms with Crippen LogP contribution in [0.1, 0.15) is 39.2 Å². The van der Waals surface area contributed by atoms with Crippen LogP contribution in [0.25, 0.3) is 0 Å². The predicted molar refractivity (Wildman–Crippen MR) is 113 cm³/mol. The fraction of sp³-hybridized carbons (Fsp3) is 0.611. The number of ether oxygens (including phenoxy) is 1. The van der Waals surface area contributed by atoms with E-state index in [0.29, 0.717) is 38.2 Å². The maximum Gasteiger partial charge on any atom is 0.517 e. The van der Waals surface area contributed by atoms with Crippen LogP contribution in [0.3, 0.4) is 0 Å². The number of piperidine rings is 1. The molecule has 36 heavy (non-hydrogen) atoms. The van der Waals surface area contributed by atoms with Gasteiger partial charge in [0, 0.05) is 32.1 Å². The molecule has 0 aromatic carbocycles. The molecule has 0 bridgehead atoms. The molecule has 1 aliphatic rings. The summed E-state index contributed by atoms with van der Waals surface area (Å²) in [5.74, 6) is -1.33. The third kappa shape index (κ3) is 7.94. The monoisotopic (exact) mass is 571 g/mol. The second kappa shape index (κ2) is 10.8. The van der Waals surface area contributed by atoms with Gasteiger partial charge in [0.05, 0.1) is 0 Å². The molecule has 0 radical (unpaired) electrons. The molecular formula is C18H23F6N3O7S2. The lowest BCUT2D eigenvalue weighted by Gasteiger charge is -2.29. The molecule has 1 aromatic heterocycles. The summed E-state index contributed by atoms with van der Waals surface area (Å²) in [6.45, 7) is 7.83. The zero-order valence-corrected chi connectivity index (χ0v) is 21.0. The van der Waals surface area contributed by atoms with Crippen LogP contribution in [0.15, 0.2) is 18.3 Å². The minimum absolute atomic E-state index is 0.227. The van der Waals surface area contributed by atoms with Crippen molar-refractivity contribution in [2.75, 3.05) is 16.8 Å². The molecule has 1 aromatic rings. The Morgan fingerprint density at radius 3 is 1.72 bits per heavy atom. The van der Waals surface area contributed by atoms with Gasteiger partial charge in [-0.1, -0.05) is 6.07 Å². The zero-order valence-electron chi connectivity index (χ0n) is 19.3. The van der Waals surface area contributed by atoms with E-state index < -0.39 is 46.2 Å². The number of aryl methyl sites for hydroxylation is 1. The molecule has 206 valence electrons. The van der Waals surface area contributed by atoms with E-state index in [2.05, 4.69) is 4.98 Å². The number of alkyl halides is 6. The molecule has 0 unspecified atom stereocenters. The molecule has 1 saturated heterocycles. The highest BCUT2D eigenvalue weighted by Crippen LogP contribution is 2.37. The van der Waals surface area contributed by atoms with Crippen molar-refractivity contribution >= 4 is 37.7 Å². The number of ketones is 1. The Balaban J connectivity index is 0.000000397. The van der Waals surface area contributed by atoms with Gasteiger partial charge in [-0.3, -0.25) is 4.79 Å². The van der Waals surface area contributed by atoms with Crippen molar-refractivity contribution in [3.8, 4) is 0 Å². The Morgan fingerprint density at radius 2 is 1.39 bits per heavy atom. The van der Waals surface area contributed by atoms with Gasteiger partial charge in [0.2, 0.25) is 0 Å². The van der Waals surface area contributed by atoms with Crippen molar-refractivity contribution in [2.45, 2.75) is 57.2 Å². The molecule has 18 heteroatoms. The number of carbonyl (C=O) groups is 2. The van der Waals surface area contributed by atoms with Gasteiger partial charge in [0.15, 0.2) is 5.82 Å². The van der Waals surface area contributed by atoms with Crippen molar-refractivity contribution in [1.29, 1.82) is 0 Å². The van der Waals surface area contributed by atoms with Crippen LogP contribution < -0.4 is 3.71 Å². The van der Waals surface area contributed by atoms with Crippen LogP contribution in [0.4, 0.5) is 37.0 Å². The SMILES string of the molecule is CC(C)(C)OC(=O)N1CCC(=O)CC1.Cc1ccc(N(S(=O)(=O)C(F)(F)F)S(=O)(=O)C(F)(F)F)nc1. The first kappa shape index (κ1) is 31.4. The van der Waals surface area contributed by atoms with Gasteiger partial charge in [0.25, 0.3) is 0 Å². The Labute approximate surface area is 203 Å². The number of amides is 1. The number of hydrogen-bond acceptors (Lipinski definition) is 8. The van der Waals surface area contributed by atoms with Crippen LogP contribution in [-0.2, 0) is 29.6 Å². The largest absolute Gasteiger partial charge is 0.517 e. The zero-order chi connectivity index (χ0) is 28.3. The summed E-state index contributed by atoms with van der Waals surface area (Å²) in [5.41, 5.74) is -12.8. The van der Waals surface area contributed by atoms with Crippen molar-refractivity contribution in [2.24, 2.45) is 0 Å². The summed E-state index contributed by atoms with van der Waals surface area (Å²) in [4.78, 5) is 27.0. The number of pyridine rings is 1. The molecule has 1 amide bonds. The van der Waals surface area contributed by atoms with Crippen LogP contribution in [-0.4, -0.2) is 68.3 Å². The van der Waals surface area contributed by atoms with E-state index in [0.717, 1.165) is 6.07 Å². The molecule has 0 spiro atoms. The molecular weight excluding hydrogens is 548 g/mol. The van der Waals surface area contributed by atoms with Gasteiger partial charge in [-0.2, -0.15) is 43.2 Å². The van der Waals surface area contributed by atoms with Crippen LogP contribution >= 0.6 is 0 Å². The molecule has 0 atom stereocenters. The van der Waals surface area contributed by atoms with E-state index >= 15 is 0 Å². The molecule has 2 rings (SSSR count). The molecule has 0 saturated carbocycles. The average molecular weight is 572 g/mol. The summed E-state index contributed by atoms with van der Waals surface area (Å²) < 4.78 is 123. The summed E-state index contributed by atoms with van der Waals surface area (Å²) in [7, 11) is -13.8. The van der Waals surface area contributed by atoms with Crippen molar-refractivity contribution < 1.29 is 57.5 Å². The number of rotatable bonds is 3. The van der Waals surface area contributed by atoms with Crippen molar-refractivity contribution in [3.63, 3.8) is 0 Å². The second-order valence-corrected chi connectivity index (χ2v) is 12.1. The quantitative estimate of drug-likeness (QED) is 0.504. The lowest BCUT2D eigenvalue weighted by atomic mass is 10.1. The van der Waals surface area contributed by atoms with Crippen LogP contribution in [0.5, 0.6) is 0 Å². The van der Waals surface area contributed by atoms with Crippen molar-refractivity contribution in [3.05, 3.63) is 23.9 Å². The fourth-order valence-corrected chi connectivity index (χ4v) is 5.02. The van der Waals surface area contributed by atoms with Crippen molar-refractivity contribution in [1.82, 2.24) is 9.88 Å². The summed E-state index contributed by atoms with van der Waals surface area (Å²) in [6.07, 6.45) is 1.31.